The Bertz CT molecular complexity index is 578. The Kier molecular flexibility index (Phi) is 2.80. The summed E-state index contributed by atoms with van der Waals surface area (Å²) in [6.07, 6.45) is 5.14. The fourth-order valence-electron chi connectivity index (χ4n) is 1.87. The molecule has 0 unspecified atom stereocenters. The molecule has 0 saturated heterocycles. The molecule has 0 spiro atoms. The molecule has 3 aromatic rings. The highest BCUT2D eigenvalue weighted by molar-refractivity contribution is 5.77. The van der Waals surface area contributed by atoms with E-state index in [-0.39, 0.29) is 0 Å². The van der Waals surface area contributed by atoms with E-state index in [4.69, 9.17) is 0 Å². The van der Waals surface area contributed by atoms with Crippen LogP contribution < -0.4 is 0 Å². The number of nitrogens with zero attached hydrogens (tertiary/aromatic N) is 3. The van der Waals surface area contributed by atoms with Crippen molar-refractivity contribution >= 4 is 0 Å². The normalized spacial score (nSPS) is 10.2. The second-order valence-electron chi connectivity index (χ2n) is 3.87. The third-order valence-corrected chi connectivity index (χ3v) is 2.70. The zero-order valence-corrected chi connectivity index (χ0v) is 9.69. The van der Waals surface area contributed by atoms with Gasteiger partial charge >= 0.3 is 0 Å². The van der Waals surface area contributed by atoms with Crippen molar-refractivity contribution in [3.63, 3.8) is 0 Å². The molecule has 0 radical (unpaired) electrons. The number of benzene rings is 1. The topological polar surface area (TPSA) is 38.7 Å². The lowest BCUT2D eigenvalue weighted by atomic mass is 10.0. The molecule has 0 bridgehead atoms. The molecule has 0 N–H and O–H groups in total. The Morgan fingerprint density at radius 2 is 1.61 bits per heavy atom. The van der Waals surface area contributed by atoms with E-state index >= 15 is 0 Å². The van der Waals surface area contributed by atoms with Crippen molar-refractivity contribution in [1.29, 1.82) is 0 Å². The lowest BCUT2D eigenvalue weighted by molar-refractivity contribution is 1.16. The number of pyridine rings is 1. The highest BCUT2D eigenvalue weighted by Gasteiger charge is 2.08. The zero-order chi connectivity index (χ0) is 12.2. The van der Waals surface area contributed by atoms with Crippen LogP contribution in [0.25, 0.3) is 22.5 Å². The van der Waals surface area contributed by atoms with Crippen LogP contribution in [0.4, 0.5) is 0 Å². The maximum Gasteiger partial charge on any atom is 0.116 e. The van der Waals surface area contributed by atoms with E-state index in [0.29, 0.717) is 0 Å². The van der Waals surface area contributed by atoms with Crippen molar-refractivity contribution < 1.29 is 0 Å². The largest absolute Gasteiger partial charge is 0.256 e. The van der Waals surface area contributed by atoms with Gasteiger partial charge in [-0.25, -0.2) is 9.97 Å². The predicted molar refractivity (Wildman–Crippen MR) is 70.7 cm³/mol. The standard InChI is InChI=1S/C15H11N3/c1-2-6-12(7-3-1)15-13(10-16-11-18-15)14-8-4-5-9-17-14/h1-11H. The van der Waals surface area contributed by atoms with Crippen LogP contribution in [-0.2, 0) is 0 Å². The summed E-state index contributed by atoms with van der Waals surface area (Å²) in [6, 6.07) is 15.9. The van der Waals surface area contributed by atoms with Crippen LogP contribution in [-0.4, -0.2) is 15.0 Å². The lowest BCUT2D eigenvalue weighted by Crippen LogP contribution is -1.92. The van der Waals surface area contributed by atoms with E-state index in [0.717, 1.165) is 22.5 Å². The van der Waals surface area contributed by atoms with Crippen LogP contribution in [0, 0.1) is 0 Å². The Labute approximate surface area is 105 Å². The Balaban J connectivity index is 2.18. The van der Waals surface area contributed by atoms with Crippen LogP contribution in [0.2, 0.25) is 0 Å². The van der Waals surface area contributed by atoms with Gasteiger partial charge in [0.2, 0.25) is 0 Å². The summed E-state index contributed by atoms with van der Waals surface area (Å²) < 4.78 is 0. The number of hydrogen-bond acceptors (Lipinski definition) is 3. The van der Waals surface area contributed by atoms with Gasteiger partial charge in [0.05, 0.1) is 11.4 Å². The summed E-state index contributed by atoms with van der Waals surface area (Å²) in [7, 11) is 0. The third-order valence-electron chi connectivity index (χ3n) is 2.70. The highest BCUT2D eigenvalue weighted by Crippen LogP contribution is 2.27. The molecular formula is C15H11N3. The molecule has 0 aliphatic heterocycles. The van der Waals surface area contributed by atoms with E-state index in [9.17, 15) is 0 Å². The molecule has 86 valence electrons. The van der Waals surface area contributed by atoms with Gasteiger partial charge in [0, 0.05) is 23.5 Å². The van der Waals surface area contributed by atoms with Gasteiger partial charge in [0.25, 0.3) is 0 Å². The van der Waals surface area contributed by atoms with Crippen molar-refractivity contribution in [2.45, 2.75) is 0 Å². The number of aromatic nitrogens is 3. The molecule has 3 rings (SSSR count). The summed E-state index contributed by atoms with van der Waals surface area (Å²) in [5.41, 5.74) is 3.81. The summed E-state index contributed by atoms with van der Waals surface area (Å²) in [5, 5.41) is 0. The molecule has 0 atom stereocenters. The van der Waals surface area contributed by atoms with E-state index in [1.807, 2.05) is 48.5 Å². The molecule has 2 aromatic heterocycles. The number of hydrogen-bond donors (Lipinski definition) is 0. The number of rotatable bonds is 2. The fraction of sp³-hybridized carbons (Fsp3) is 0. The van der Waals surface area contributed by atoms with Crippen LogP contribution >= 0.6 is 0 Å². The smallest absolute Gasteiger partial charge is 0.116 e. The molecule has 2 heterocycles. The minimum absolute atomic E-state index is 0.886. The molecule has 0 aliphatic carbocycles. The minimum atomic E-state index is 0.886. The molecule has 0 saturated carbocycles. The van der Waals surface area contributed by atoms with Crippen molar-refractivity contribution in [2.24, 2.45) is 0 Å². The van der Waals surface area contributed by atoms with Crippen LogP contribution in [0.15, 0.2) is 67.3 Å². The van der Waals surface area contributed by atoms with Crippen molar-refractivity contribution in [1.82, 2.24) is 15.0 Å². The average molecular weight is 233 g/mol. The Hall–Kier alpha value is -2.55. The highest BCUT2D eigenvalue weighted by atomic mass is 14.8. The van der Waals surface area contributed by atoms with Crippen molar-refractivity contribution in [3.05, 3.63) is 67.3 Å². The second-order valence-corrected chi connectivity index (χ2v) is 3.87. The van der Waals surface area contributed by atoms with Gasteiger partial charge < -0.3 is 0 Å². The first-order valence-electron chi connectivity index (χ1n) is 5.72. The monoisotopic (exact) mass is 233 g/mol. The lowest BCUT2D eigenvalue weighted by Gasteiger charge is -2.06. The van der Waals surface area contributed by atoms with E-state index in [2.05, 4.69) is 15.0 Å². The fourth-order valence-corrected chi connectivity index (χ4v) is 1.87. The van der Waals surface area contributed by atoms with Gasteiger partial charge in [-0.1, -0.05) is 36.4 Å². The first-order valence-corrected chi connectivity index (χ1v) is 5.72. The molecule has 0 amide bonds. The van der Waals surface area contributed by atoms with Gasteiger partial charge in [-0.2, -0.15) is 0 Å². The van der Waals surface area contributed by atoms with E-state index in [1.165, 1.54) is 0 Å². The second kappa shape index (κ2) is 4.75. The van der Waals surface area contributed by atoms with Gasteiger partial charge in [-0.05, 0) is 12.1 Å². The van der Waals surface area contributed by atoms with Gasteiger partial charge in [-0.3, -0.25) is 4.98 Å². The molecule has 0 aliphatic rings. The van der Waals surface area contributed by atoms with Crippen LogP contribution in [0.5, 0.6) is 0 Å². The van der Waals surface area contributed by atoms with Crippen LogP contribution in [0.3, 0.4) is 0 Å². The zero-order valence-electron chi connectivity index (χ0n) is 9.69. The molecule has 18 heavy (non-hydrogen) atoms. The summed E-state index contributed by atoms with van der Waals surface area (Å²) in [6.45, 7) is 0. The maximum atomic E-state index is 4.37. The average Bonchev–Trinajstić information content (AvgIpc) is 2.49. The molecule has 3 heteroatoms. The maximum absolute atomic E-state index is 4.37. The Morgan fingerprint density at radius 3 is 2.39 bits per heavy atom. The summed E-state index contributed by atoms with van der Waals surface area (Å²) in [5.74, 6) is 0. The Morgan fingerprint density at radius 1 is 0.778 bits per heavy atom. The summed E-state index contributed by atoms with van der Waals surface area (Å²) >= 11 is 0. The van der Waals surface area contributed by atoms with Gasteiger partial charge in [0.15, 0.2) is 0 Å². The third kappa shape index (κ3) is 1.98. The molecular weight excluding hydrogens is 222 g/mol. The molecule has 3 nitrogen and oxygen atoms in total. The van der Waals surface area contributed by atoms with Crippen molar-refractivity contribution in [2.75, 3.05) is 0 Å². The quantitative estimate of drug-likeness (QED) is 0.682. The molecule has 0 fully saturated rings. The van der Waals surface area contributed by atoms with E-state index in [1.54, 1.807) is 18.7 Å². The predicted octanol–water partition coefficient (Wildman–Crippen LogP) is 3.21. The van der Waals surface area contributed by atoms with Gasteiger partial charge in [-0.15, -0.1) is 0 Å². The van der Waals surface area contributed by atoms with Crippen LogP contribution in [0.1, 0.15) is 0 Å². The van der Waals surface area contributed by atoms with Gasteiger partial charge in [0.1, 0.15) is 6.33 Å². The summed E-state index contributed by atoms with van der Waals surface area (Å²) in [4.78, 5) is 12.8. The SMILES string of the molecule is c1ccc(-c2ncncc2-c2ccccn2)cc1. The van der Waals surface area contributed by atoms with E-state index < -0.39 is 0 Å². The molecule has 1 aromatic carbocycles. The minimum Gasteiger partial charge on any atom is -0.256 e. The van der Waals surface area contributed by atoms with Crippen molar-refractivity contribution in [3.8, 4) is 22.5 Å². The first-order chi connectivity index (χ1) is 8.95. The first kappa shape index (κ1) is 10.6.